The number of piperazine rings is 1. The summed E-state index contributed by atoms with van der Waals surface area (Å²) in [6, 6.07) is 12.5. The monoisotopic (exact) mass is 451 g/mol. The zero-order valence-corrected chi connectivity index (χ0v) is 17.8. The molecule has 1 aromatic heterocycles. The van der Waals surface area contributed by atoms with E-state index >= 15 is 0 Å². The van der Waals surface area contributed by atoms with Crippen molar-refractivity contribution < 1.29 is 18.3 Å². The van der Waals surface area contributed by atoms with E-state index < -0.39 is 27.6 Å². The highest BCUT2D eigenvalue weighted by Crippen LogP contribution is 2.57. The SMILES string of the molecule is CC1[C@H](c2ccccc2)[C@]1(NS(=O)(=O)N1CCN(c2ccc(Cl)nn2)CC1)C(=O)O. The van der Waals surface area contributed by atoms with Crippen molar-refractivity contribution in [2.24, 2.45) is 5.92 Å². The van der Waals surface area contributed by atoms with E-state index in [2.05, 4.69) is 14.9 Å². The minimum atomic E-state index is -3.99. The van der Waals surface area contributed by atoms with E-state index in [0.717, 1.165) is 5.56 Å². The molecule has 2 N–H and O–H groups in total. The number of benzene rings is 1. The predicted molar refractivity (Wildman–Crippen MR) is 112 cm³/mol. The fourth-order valence-electron chi connectivity index (χ4n) is 4.21. The van der Waals surface area contributed by atoms with Crippen LogP contribution < -0.4 is 9.62 Å². The quantitative estimate of drug-likeness (QED) is 0.680. The summed E-state index contributed by atoms with van der Waals surface area (Å²) in [5.74, 6) is -1.33. The molecule has 0 spiro atoms. The summed E-state index contributed by atoms with van der Waals surface area (Å²) < 4.78 is 29.9. The van der Waals surface area contributed by atoms with E-state index in [1.807, 2.05) is 35.2 Å². The third-order valence-corrected chi connectivity index (χ3v) is 7.77. The normalized spacial score (nSPS) is 27.1. The number of rotatable bonds is 6. The Morgan fingerprint density at radius 1 is 1.13 bits per heavy atom. The minimum absolute atomic E-state index is 0.208. The van der Waals surface area contributed by atoms with Gasteiger partial charge in [-0.3, -0.25) is 4.79 Å². The van der Waals surface area contributed by atoms with Gasteiger partial charge in [0, 0.05) is 32.1 Å². The maximum atomic E-state index is 13.0. The second-order valence-electron chi connectivity index (χ2n) is 7.56. The van der Waals surface area contributed by atoms with Gasteiger partial charge in [-0.05, 0) is 23.6 Å². The lowest BCUT2D eigenvalue weighted by Crippen LogP contribution is -2.56. The molecule has 11 heteroatoms. The van der Waals surface area contributed by atoms with E-state index in [0.29, 0.717) is 18.9 Å². The van der Waals surface area contributed by atoms with Crippen molar-refractivity contribution in [3.63, 3.8) is 0 Å². The molecule has 30 heavy (non-hydrogen) atoms. The molecule has 2 aromatic rings. The fourth-order valence-corrected chi connectivity index (χ4v) is 5.91. The summed E-state index contributed by atoms with van der Waals surface area (Å²) in [5.41, 5.74) is -0.736. The van der Waals surface area contributed by atoms with Gasteiger partial charge in [-0.2, -0.15) is 17.4 Å². The van der Waals surface area contributed by atoms with Crippen LogP contribution in [-0.2, 0) is 15.0 Å². The largest absolute Gasteiger partial charge is 0.480 e. The van der Waals surface area contributed by atoms with Gasteiger partial charge in [-0.1, -0.05) is 48.9 Å². The van der Waals surface area contributed by atoms with Crippen LogP contribution in [0.15, 0.2) is 42.5 Å². The number of hydrogen-bond donors (Lipinski definition) is 2. The molecule has 1 aliphatic carbocycles. The zero-order chi connectivity index (χ0) is 21.5. The first-order valence-corrected chi connectivity index (χ1v) is 11.4. The third-order valence-electron chi connectivity index (χ3n) is 5.93. The van der Waals surface area contributed by atoms with Crippen LogP contribution in [0.5, 0.6) is 0 Å². The molecule has 0 amide bonds. The standard InChI is InChI=1S/C19H22ClN5O4S/c1-13-17(14-5-3-2-4-6-14)19(13,18(26)27)23-30(28,29)25-11-9-24(10-12-25)16-8-7-15(20)21-22-16/h2-8,13,17,23H,9-12H2,1H3,(H,26,27)/t13?,17-,19+/m1/s1. The smallest absolute Gasteiger partial charge is 0.325 e. The summed E-state index contributed by atoms with van der Waals surface area (Å²) >= 11 is 5.76. The van der Waals surface area contributed by atoms with Gasteiger partial charge in [0.25, 0.3) is 10.2 Å². The molecule has 2 aliphatic rings. The minimum Gasteiger partial charge on any atom is -0.480 e. The number of carboxylic acid groups (broad SMARTS) is 1. The average molecular weight is 452 g/mol. The lowest BCUT2D eigenvalue weighted by atomic mass is 10.1. The van der Waals surface area contributed by atoms with Crippen molar-refractivity contribution in [1.29, 1.82) is 0 Å². The van der Waals surface area contributed by atoms with Crippen molar-refractivity contribution in [2.75, 3.05) is 31.1 Å². The number of aliphatic carboxylic acids is 1. The van der Waals surface area contributed by atoms with Crippen LogP contribution in [0, 0.1) is 5.92 Å². The number of carbonyl (C=O) groups is 1. The highest BCUT2D eigenvalue weighted by atomic mass is 35.5. The van der Waals surface area contributed by atoms with E-state index in [9.17, 15) is 18.3 Å². The summed E-state index contributed by atoms with van der Waals surface area (Å²) in [6.45, 7) is 2.99. The molecule has 3 atom stereocenters. The first kappa shape index (κ1) is 21.0. The first-order chi connectivity index (χ1) is 14.3. The number of nitrogens with one attached hydrogen (secondary N) is 1. The number of nitrogens with zero attached hydrogens (tertiary/aromatic N) is 4. The molecule has 1 saturated heterocycles. The van der Waals surface area contributed by atoms with Crippen molar-refractivity contribution in [2.45, 2.75) is 18.4 Å². The summed E-state index contributed by atoms with van der Waals surface area (Å²) in [6.07, 6.45) is 0. The van der Waals surface area contributed by atoms with Crippen LogP contribution in [0.25, 0.3) is 0 Å². The topological polar surface area (TPSA) is 116 Å². The number of halogens is 1. The van der Waals surface area contributed by atoms with Gasteiger partial charge in [0.15, 0.2) is 11.0 Å². The molecule has 0 bridgehead atoms. The Kier molecular flexibility index (Phi) is 5.43. The second kappa shape index (κ2) is 7.77. The summed E-state index contributed by atoms with van der Waals surface area (Å²) in [4.78, 5) is 14.0. The Balaban J connectivity index is 1.47. The van der Waals surface area contributed by atoms with Gasteiger partial charge >= 0.3 is 5.97 Å². The second-order valence-corrected chi connectivity index (χ2v) is 9.62. The summed E-state index contributed by atoms with van der Waals surface area (Å²) in [5, 5.41) is 18.0. The van der Waals surface area contributed by atoms with E-state index in [4.69, 9.17) is 11.6 Å². The highest BCUT2D eigenvalue weighted by molar-refractivity contribution is 7.87. The molecule has 2 fully saturated rings. The Bertz CT molecular complexity index is 1030. The van der Waals surface area contributed by atoms with Crippen LogP contribution in [0.4, 0.5) is 5.82 Å². The maximum Gasteiger partial charge on any atom is 0.325 e. The average Bonchev–Trinajstić information content (AvgIpc) is 3.33. The summed E-state index contributed by atoms with van der Waals surface area (Å²) in [7, 11) is -3.99. The highest BCUT2D eigenvalue weighted by Gasteiger charge is 2.70. The number of aromatic nitrogens is 2. The molecule has 1 saturated carbocycles. The predicted octanol–water partition coefficient (Wildman–Crippen LogP) is 1.34. The lowest BCUT2D eigenvalue weighted by Gasteiger charge is -2.35. The number of anilines is 1. The Morgan fingerprint density at radius 2 is 1.80 bits per heavy atom. The molecule has 1 unspecified atom stereocenters. The van der Waals surface area contributed by atoms with Gasteiger partial charge in [0.1, 0.15) is 5.54 Å². The van der Waals surface area contributed by atoms with Gasteiger partial charge in [0.05, 0.1) is 0 Å². The van der Waals surface area contributed by atoms with E-state index in [-0.39, 0.29) is 24.2 Å². The van der Waals surface area contributed by atoms with Gasteiger partial charge in [-0.25, -0.2) is 0 Å². The molecule has 1 aliphatic heterocycles. The van der Waals surface area contributed by atoms with Crippen molar-refractivity contribution in [1.82, 2.24) is 19.2 Å². The van der Waals surface area contributed by atoms with Crippen LogP contribution in [-0.4, -0.2) is 65.7 Å². The van der Waals surface area contributed by atoms with Crippen molar-refractivity contribution >= 4 is 33.6 Å². The van der Waals surface area contributed by atoms with Crippen molar-refractivity contribution in [3.05, 3.63) is 53.2 Å². The fraction of sp³-hybridized carbons (Fsp3) is 0.421. The number of hydrogen-bond acceptors (Lipinski definition) is 6. The lowest BCUT2D eigenvalue weighted by molar-refractivity contribution is -0.140. The molecule has 2 heterocycles. The maximum absolute atomic E-state index is 13.0. The third kappa shape index (κ3) is 3.64. The van der Waals surface area contributed by atoms with Crippen LogP contribution in [0.1, 0.15) is 18.4 Å². The van der Waals surface area contributed by atoms with Crippen LogP contribution >= 0.6 is 11.6 Å². The molecule has 160 valence electrons. The van der Waals surface area contributed by atoms with E-state index in [1.165, 1.54) is 4.31 Å². The molecular formula is C19H22ClN5O4S. The van der Waals surface area contributed by atoms with Crippen LogP contribution in [0.3, 0.4) is 0 Å². The Morgan fingerprint density at radius 3 is 2.37 bits per heavy atom. The molecule has 0 radical (unpaired) electrons. The molecule has 9 nitrogen and oxygen atoms in total. The van der Waals surface area contributed by atoms with Crippen LogP contribution in [0.2, 0.25) is 5.15 Å². The first-order valence-electron chi connectivity index (χ1n) is 9.57. The van der Waals surface area contributed by atoms with Gasteiger partial charge in [0.2, 0.25) is 0 Å². The Hall–Kier alpha value is -2.27. The van der Waals surface area contributed by atoms with Crippen molar-refractivity contribution in [3.8, 4) is 0 Å². The zero-order valence-electron chi connectivity index (χ0n) is 16.3. The molecule has 1 aromatic carbocycles. The molecule has 4 rings (SSSR count). The van der Waals surface area contributed by atoms with E-state index in [1.54, 1.807) is 19.1 Å². The molecular weight excluding hydrogens is 430 g/mol. The van der Waals surface area contributed by atoms with Gasteiger partial charge in [-0.15, -0.1) is 10.2 Å². The van der Waals surface area contributed by atoms with Gasteiger partial charge < -0.3 is 10.0 Å². The Labute approximate surface area is 179 Å². The number of carboxylic acids is 1.